The molecular weight excluding hydrogens is 292 g/mol. The van der Waals surface area contributed by atoms with Crippen molar-refractivity contribution in [2.24, 2.45) is 0 Å². The van der Waals surface area contributed by atoms with Gasteiger partial charge in [0.05, 0.1) is 17.7 Å². The summed E-state index contributed by atoms with van der Waals surface area (Å²) < 4.78 is 31.6. The molecule has 1 heterocycles. The van der Waals surface area contributed by atoms with Crippen molar-refractivity contribution in [2.75, 3.05) is 6.61 Å². The number of ketones is 1. The third kappa shape index (κ3) is 2.90. The number of ether oxygens (including phenoxy) is 1. The molecule has 2 rings (SSSR count). The van der Waals surface area contributed by atoms with Crippen molar-refractivity contribution in [1.29, 1.82) is 0 Å². The molecule has 0 bridgehead atoms. The van der Waals surface area contributed by atoms with E-state index in [4.69, 9.17) is 4.74 Å². The molecule has 22 heavy (non-hydrogen) atoms. The number of carbonyl (C=O) groups is 2. The highest BCUT2D eigenvalue weighted by Gasteiger charge is 2.31. The lowest BCUT2D eigenvalue weighted by molar-refractivity contribution is 0.0509. The van der Waals surface area contributed by atoms with Gasteiger partial charge in [0.25, 0.3) is 6.43 Å². The number of halogens is 2. The Labute approximate surface area is 126 Å². The molecule has 0 fully saturated rings. The molecule has 4 nitrogen and oxygen atoms in total. The number of aromatic nitrogens is 1. The molecule has 2 aromatic rings. The number of benzene rings is 1. The van der Waals surface area contributed by atoms with E-state index in [1.807, 2.05) is 0 Å². The summed E-state index contributed by atoms with van der Waals surface area (Å²) in [4.78, 5) is 26.8. The normalized spacial score (nSPS) is 10.8. The van der Waals surface area contributed by atoms with E-state index < -0.39 is 23.7 Å². The fraction of sp³-hybridized carbons (Fsp3) is 0.250. The fourth-order valence-electron chi connectivity index (χ4n) is 2.25. The zero-order chi connectivity index (χ0) is 16.3. The molecule has 0 spiro atoms. The quantitative estimate of drug-likeness (QED) is 0.677. The molecule has 0 unspecified atom stereocenters. The van der Waals surface area contributed by atoms with Gasteiger partial charge in [0.2, 0.25) is 0 Å². The monoisotopic (exact) mass is 307 g/mol. The lowest BCUT2D eigenvalue weighted by Crippen LogP contribution is -2.10. The molecule has 116 valence electrons. The highest BCUT2D eigenvalue weighted by molar-refractivity contribution is 6.12. The predicted molar refractivity (Wildman–Crippen MR) is 76.3 cm³/mol. The smallest absolute Gasteiger partial charge is 0.355 e. The first kappa shape index (κ1) is 15.9. The lowest BCUT2D eigenvalue weighted by Gasteiger charge is -2.06. The van der Waals surface area contributed by atoms with Crippen LogP contribution in [0.25, 0.3) is 0 Å². The molecule has 0 aliphatic rings. The summed E-state index contributed by atoms with van der Waals surface area (Å²) in [5, 5.41) is 0. The zero-order valence-electron chi connectivity index (χ0n) is 12.2. The number of H-pyrrole nitrogens is 1. The number of alkyl halides is 2. The van der Waals surface area contributed by atoms with Crippen LogP contribution in [0.3, 0.4) is 0 Å². The van der Waals surface area contributed by atoms with Crippen LogP contribution in [0.5, 0.6) is 0 Å². The van der Waals surface area contributed by atoms with Crippen molar-refractivity contribution < 1.29 is 23.1 Å². The minimum atomic E-state index is -2.97. The second kappa shape index (κ2) is 6.51. The third-order valence-corrected chi connectivity index (χ3v) is 3.19. The first-order valence-corrected chi connectivity index (χ1v) is 6.74. The second-order valence-electron chi connectivity index (χ2n) is 4.63. The third-order valence-electron chi connectivity index (χ3n) is 3.19. The molecule has 0 aliphatic carbocycles. The maximum Gasteiger partial charge on any atom is 0.355 e. The summed E-state index contributed by atoms with van der Waals surface area (Å²) in [5.74, 6) is -1.45. The van der Waals surface area contributed by atoms with E-state index in [0.29, 0.717) is 0 Å². The van der Waals surface area contributed by atoms with Crippen LogP contribution in [0.1, 0.15) is 51.0 Å². The number of rotatable bonds is 5. The summed E-state index contributed by atoms with van der Waals surface area (Å²) in [6.07, 6.45) is -2.97. The topological polar surface area (TPSA) is 59.2 Å². The molecule has 0 radical (unpaired) electrons. The number of hydrogen-bond donors (Lipinski definition) is 1. The maximum atomic E-state index is 13.4. The maximum absolute atomic E-state index is 13.4. The number of esters is 1. The fourth-order valence-corrected chi connectivity index (χ4v) is 2.25. The number of aryl methyl sites for hydroxylation is 1. The van der Waals surface area contributed by atoms with Crippen LogP contribution in [-0.4, -0.2) is 23.3 Å². The van der Waals surface area contributed by atoms with Crippen molar-refractivity contribution >= 4 is 11.8 Å². The molecule has 0 aliphatic heterocycles. The highest BCUT2D eigenvalue weighted by atomic mass is 19.3. The number of carbonyl (C=O) groups excluding carboxylic acids is 2. The number of aromatic amines is 1. The van der Waals surface area contributed by atoms with E-state index in [1.165, 1.54) is 19.1 Å². The highest BCUT2D eigenvalue weighted by Crippen LogP contribution is 2.31. The van der Waals surface area contributed by atoms with Crippen LogP contribution in [0.4, 0.5) is 8.78 Å². The molecule has 1 N–H and O–H groups in total. The minimum absolute atomic E-state index is 0.0571. The van der Waals surface area contributed by atoms with E-state index in [9.17, 15) is 18.4 Å². The largest absolute Gasteiger partial charge is 0.461 e. The average Bonchev–Trinajstić information content (AvgIpc) is 2.85. The van der Waals surface area contributed by atoms with E-state index in [-0.39, 0.29) is 29.1 Å². The summed E-state index contributed by atoms with van der Waals surface area (Å²) >= 11 is 0. The summed E-state index contributed by atoms with van der Waals surface area (Å²) in [6.45, 7) is 3.11. The van der Waals surface area contributed by atoms with E-state index >= 15 is 0 Å². The Balaban J connectivity index is 2.56. The second-order valence-corrected chi connectivity index (χ2v) is 4.63. The van der Waals surface area contributed by atoms with Gasteiger partial charge in [-0.05, 0) is 13.8 Å². The van der Waals surface area contributed by atoms with Crippen molar-refractivity contribution in [3.05, 3.63) is 58.4 Å². The molecule has 0 saturated heterocycles. The minimum Gasteiger partial charge on any atom is -0.461 e. The van der Waals surface area contributed by atoms with Gasteiger partial charge in [0, 0.05) is 11.3 Å². The summed E-state index contributed by atoms with van der Waals surface area (Å²) in [5.41, 5.74) is -0.656. The first-order valence-electron chi connectivity index (χ1n) is 6.74. The number of nitrogens with one attached hydrogen (secondary N) is 1. The Morgan fingerprint density at radius 2 is 1.86 bits per heavy atom. The van der Waals surface area contributed by atoms with Crippen LogP contribution >= 0.6 is 0 Å². The van der Waals surface area contributed by atoms with Crippen LogP contribution in [0.15, 0.2) is 30.3 Å². The molecule has 1 aromatic carbocycles. The Kier molecular flexibility index (Phi) is 4.70. The van der Waals surface area contributed by atoms with Crippen molar-refractivity contribution in [3.8, 4) is 0 Å². The van der Waals surface area contributed by atoms with Crippen molar-refractivity contribution in [2.45, 2.75) is 20.3 Å². The molecular formula is C16H15F2NO3. The molecule has 6 heteroatoms. The SMILES string of the molecule is CCOC(=O)c1[nH]c(C)c(C(=O)c2ccccc2)c1C(F)F. The van der Waals surface area contributed by atoms with Gasteiger partial charge in [0.15, 0.2) is 5.78 Å². The van der Waals surface area contributed by atoms with E-state index in [2.05, 4.69) is 4.98 Å². The van der Waals surface area contributed by atoms with Gasteiger partial charge in [-0.3, -0.25) is 4.79 Å². The number of hydrogen-bond acceptors (Lipinski definition) is 3. The standard InChI is InChI=1S/C16H15F2NO3/c1-3-22-16(21)13-12(15(17)18)11(9(2)19-13)14(20)10-7-5-4-6-8-10/h4-8,15,19H,3H2,1-2H3. The average molecular weight is 307 g/mol. The lowest BCUT2D eigenvalue weighted by atomic mass is 9.99. The van der Waals surface area contributed by atoms with Crippen LogP contribution in [-0.2, 0) is 4.74 Å². The molecule has 1 aromatic heterocycles. The van der Waals surface area contributed by atoms with Gasteiger partial charge in [-0.25, -0.2) is 13.6 Å². The van der Waals surface area contributed by atoms with Crippen molar-refractivity contribution in [1.82, 2.24) is 4.98 Å². The first-order chi connectivity index (χ1) is 10.5. The van der Waals surface area contributed by atoms with E-state index in [0.717, 1.165) is 0 Å². The Hall–Kier alpha value is -2.50. The summed E-state index contributed by atoms with van der Waals surface area (Å²) in [6, 6.07) is 8.08. The Morgan fingerprint density at radius 3 is 2.41 bits per heavy atom. The van der Waals surface area contributed by atoms with E-state index in [1.54, 1.807) is 25.1 Å². The molecule has 0 atom stereocenters. The van der Waals surface area contributed by atoms with Gasteiger partial charge < -0.3 is 9.72 Å². The van der Waals surface area contributed by atoms with Crippen LogP contribution < -0.4 is 0 Å². The molecule has 0 saturated carbocycles. The molecule has 0 amide bonds. The van der Waals surface area contributed by atoms with Gasteiger partial charge in [0.1, 0.15) is 5.69 Å². The van der Waals surface area contributed by atoms with Gasteiger partial charge in [-0.1, -0.05) is 30.3 Å². The van der Waals surface area contributed by atoms with Gasteiger partial charge in [-0.15, -0.1) is 0 Å². The predicted octanol–water partition coefficient (Wildman–Crippen LogP) is 3.67. The van der Waals surface area contributed by atoms with Crippen LogP contribution in [0.2, 0.25) is 0 Å². The zero-order valence-corrected chi connectivity index (χ0v) is 12.2. The van der Waals surface area contributed by atoms with Crippen LogP contribution in [0, 0.1) is 6.92 Å². The Bertz CT molecular complexity index is 693. The summed E-state index contributed by atoms with van der Waals surface area (Å²) in [7, 11) is 0. The van der Waals surface area contributed by atoms with Gasteiger partial charge in [-0.2, -0.15) is 0 Å². The van der Waals surface area contributed by atoms with Gasteiger partial charge >= 0.3 is 5.97 Å². The van der Waals surface area contributed by atoms with Crippen molar-refractivity contribution in [3.63, 3.8) is 0 Å². The Morgan fingerprint density at radius 1 is 1.23 bits per heavy atom.